The molecule has 6 nitrogen and oxygen atoms in total. The van der Waals surface area contributed by atoms with Gasteiger partial charge in [0.25, 0.3) is 16.1 Å². The van der Waals surface area contributed by atoms with Crippen molar-refractivity contribution in [3.63, 3.8) is 0 Å². The predicted molar refractivity (Wildman–Crippen MR) is 53.1 cm³/mol. The van der Waals surface area contributed by atoms with Gasteiger partial charge in [-0.15, -0.1) is 0 Å². The largest absolute Gasteiger partial charge is 0.465 e. The zero-order valence-corrected chi connectivity index (χ0v) is 9.02. The highest BCUT2D eigenvalue weighted by Gasteiger charge is 2.13. The maximum Gasteiger partial charge on any atom is 0.337 e. The number of ether oxygens (including phenoxy) is 1. The molecule has 7 heteroatoms. The Hall–Kier alpha value is -1.98. The van der Waals surface area contributed by atoms with E-state index < -0.39 is 16.0 Å². The number of esters is 1. The van der Waals surface area contributed by atoms with Gasteiger partial charge in [0.15, 0.2) is 0 Å². The average Bonchev–Trinajstić information content (AvgIpc) is 2.28. The third-order valence-electron chi connectivity index (χ3n) is 1.73. The van der Waals surface area contributed by atoms with Crippen LogP contribution in [0.2, 0.25) is 0 Å². The summed E-state index contributed by atoms with van der Waals surface area (Å²) >= 11 is 0. The van der Waals surface area contributed by atoms with E-state index in [-0.39, 0.29) is 10.5 Å². The van der Waals surface area contributed by atoms with Gasteiger partial charge < -0.3 is 4.74 Å². The predicted octanol–water partition coefficient (Wildman–Crippen LogP) is 0.498. The number of carbonyl (C=O) groups excluding carboxylic acids is 2. The second-order valence-electron chi connectivity index (χ2n) is 2.67. The van der Waals surface area contributed by atoms with Gasteiger partial charge >= 0.3 is 5.97 Å². The molecule has 0 aliphatic rings. The lowest BCUT2D eigenvalue weighted by Crippen LogP contribution is -2.02. The SMILES string of the molecule is COC(=O)c1ccc(S(=O)(=O)N=C=O)cc1. The molecule has 0 aliphatic heterocycles. The molecular formula is C9H7NO5S. The van der Waals surface area contributed by atoms with Gasteiger partial charge in [-0.05, 0) is 24.3 Å². The molecule has 84 valence electrons. The summed E-state index contributed by atoms with van der Waals surface area (Å²) in [4.78, 5) is 20.7. The minimum Gasteiger partial charge on any atom is -0.465 e. The molecule has 1 aromatic carbocycles. The van der Waals surface area contributed by atoms with Crippen LogP contribution in [0, 0.1) is 0 Å². The number of methoxy groups -OCH3 is 1. The van der Waals surface area contributed by atoms with Gasteiger partial charge in [-0.3, -0.25) is 0 Å². The highest BCUT2D eigenvalue weighted by molar-refractivity contribution is 7.90. The van der Waals surface area contributed by atoms with E-state index >= 15 is 0 Å². The van der Waals surface area contributed by atoms with Crippen LogP contribution in [-0.4, -0.2) is 27.6 Å². The van der Waals surface area contributed by atoms with Crippen LogP contribution in [0.3, 0.4) is 0 Å². The number of sulfonamides is 1. The van der Waals surface area contributed by atoms with Gasteiger partial charge in [0.2, 0.25) is 0 Å². The fourth-order valence-corrected chi connectivity index (χ4v) is 1.67. The first kappa shape index (κ1) is 12.1. The lowest BCUT2D eigenvalue weighted by Gasteiger charge is -2.00. The lowest BCUT2D eigenvalue weighted by molar-refractivity contribution is 0.0600. The molecule has 0 spiro atoms. The molecule has 0 fully saturated rings. The van der Waals surface area contributed by atoms with Gasteiger partial charge in [0.05, 0.1) is 17.6 Å². The molecule has 0 heterocycles. The summed E-state index contributed by atoms with van der Waals surface area (Å²) in [5.74, 6) is -0.581. The molecular weight excluding hydrogens is 234 g/mol. The third-order valence-corrected chi connectivity index (χ3v) is 2.91. The van der Waals surface area contributed by atoms with Gasteiger partial charge in [0.1, 0.15) is 0 Å². The minimum atomic E-state index is -4.01. The Balaban J connectivity index is 3.14. The fraction of sp³-hybridized carbons (Fsp3) is 0.111. The van der Waals surface area contributed by atoms with Gasteiger partial charge in [-0.25, -0.2) is 9.59 Å². The number of carbonyl (C=O) groups is 1. The molecule has 0 unspecified atom stereocenters. The van der Waals surface area contributed by atoms with Crippen LogP contribution in [0.1, 0.15) is 10.4 Å². The molecule has 0 saturated carbocycles. The van der Waals surface area contributed by atoms with Crippen molar-refractivity contribution >= 4 is 22.1 Å². The van der Waals surface area contributed by atoms with Crippen LogP contribution < -0.4 is 0 Å². The minimum absolute atomic E-state index is 0.191. The first-order valence-corrected chi connectivity index (χ1v) is 5.48. The molecule has 0 atom stereocenters. The van der Waals surface area contributed by atoms with Crippen LogP contribution in [0.15, 0.2) is 33.6 Å². The Labute approximate surface area is 91.6 Å². The number of hydrogen-bond acceptors (Lipinski definition) is 5. The number of benzene rings is 1. The van der Waals surface area contributed by atoms with E-state index in [0.29, 0.717) is 0 Å². The molecule has 0 aliphatic carbocycles. The monoisotopic (exact) mass is 241 g/mol. The quantitative estimate of drug-likeness (QED) is 0.436. The van der Waals surface area contributed by atoms with E-state index in [9.17, 15) is 18.0 Å². The van der Waals surface area contributed by atoms with E-state index in [4.69, 9.17) is 0 Å². The van der Waals surface area contributed by atoms with Crippen molar-refractivity contribution in [1.29, 1.82) is 0 Å². The molecule has 0 N–H and O–H groups in total. The van der Waals surface area contributed by atoms with E-state index in [2.05, 4.69) is 9.13 Å². The van der Waals surface area contributed by atoms with Gasteiger partial charge in [-0.2, -0.15) is 8.42 Å². The van der Waals surface area contributed by atoms with Crippen molar-refractivity contribution in [2.45, 2.75) is 4.90 Å². The highest BCUT2D eigenvalue weighted by atomic mass is 32.2. The Morgan fingerprint density at radius 2 is 1.88 bits per heavy atom. The summed E-state index contributed by atoms with van der Waals surface area (Å²) in [6, 6.07) is 4.84. The van der Waals surface area contributed by atoms with Crippen LogP contribution in [0.4, 0.5) is 0 Å². The Bertz CT molecular complexity index is 540. The summed E-state index contributed by atoms with van der Waals surface area (Å²) in [5, 5.41) is 0. The molecule has 1 aromatic rings. The normalized spacial score (nSPS) is 10.3. The van der Waals surface area contributed by atoms with Crippen LogP contribution in [0.25, 0.3) is 0 Å². The molecule has 16 heavy (non-hydrogen) atoms. The first-order chi connectivity index (χ1) is 7.51. The molecule has 0 aromatic heterocycles. The van der Waals surface area contributed by atoms with Crippen molar-refractivity contribution in [1.82, 2.24) is 0 Å². The second kappa shape index (κ2) is 4.69. The van der Waals surface area contributed by atoms with Crippen molar-refractivity contribution in [2.75, 3.05) is 7.11 Å². The van der Waals surface area contributed by atoms with E-state index in [1.165, 1.54) is 19.2 Å². The summed E-state index contributed by atoms with van der Waals surface area (Å²) < 4.78 is 29.6. The Morgan fingerprint density at radius 1 is 1.31 bits per heavy atom. The van der Waals surface area contributed by atoms with Crippen LogP contribution >= 0.6 is 0 Å². The number of hydrogen-bond donors (Lipinski definition) is 0. The zero-order chi connectivity index (χ0) is 12.2. The standard InChI is InChI=1S/C9H7NO5S/c1-15-9(12)7-2-4-8(5-3-7)16(13,14)10-6-11/h2-5H,1H3. The second-order valence-corrected chi connectivity index (χ2v) is 4.28. The summed E-state index contributed by atoms with van der Waals surface area (Å²) in [7, 11) is -2.80. The maximum absolute atomic E-state index is 11.2. The topological polar surface area (TPSA) is 89.9 Å². The van der Waals surface area contributed by atoms with E-state index in [1.54, 1.807) is 0 Å². The zero-order valence-electron chi connectivity index (χ0n) is 8.21. The molecule has 0 bridgehead atoms. The maximum atomic E-state index is 11.2. The average molecular weight is 241 g/mol. The van der Waals surface area contributed by atoms with Crippen molar-refractivity contribution in [2.24, 2.45) is 4.40 Å². The molecule has 0 amide bonds. The number of nitrogens with zero attached hydrogens (tertiary/aromatic N) is 1. The first-order valence-electron chi connectivity index (χ1n) is 4.04. The van der Waals surface area contributed by atoms with Gasteiger partial charge in [0, 0.05) is 0 Å². The van der Waals surface area contributed by atoms with E-state index in [1.807, 2.05) is 0 Å². The molecule has 1 rings (SSSR count). The summed E-state index contributed by atoms with van der Waals surface area (Å²) in [6.07, 6.45) is 0.950. The van der Waals surface area contributed by atoms with Crippen molar-refractivity contribution in [3.05, 3.63) is 29.8 Å². The molecule has 0 radical (unpaired) electrons. The van der Waals surface area contributed by atoms with E-state index in [0.717, 1.165) is 18.2 Å². The summed E-state index contributed by atoms with van der Waals surface area (Å²) in [5.41, 5.74) is 0.205. The number of rotatable bonds is 3. The lowest BCUT2D eigenvalue weighted by atomic mass is 10.2. The summed E-state index contributed by atoms with van der Waals surface area (Å²) in [6.45, 7) is 0. The van der Waals surface area contributed by atoms with Crippen molar-refractivity contribution in [3.8, 4) is 0 Å². The number of isocyanates is 1. The van der Waals surface area contributed by atoms with Crippen LogP contribution in [0.5, 0.6) is 0 Å². The van der Waals surface area contributed by atoms with Crippen molar-refractivity contribution < 1.29 is 22.7 Å². The molecule has 0 saturated heterocycles. The van der Waals surface area contributed by atoms with Crippen LogP contribution in [-0.2, 0) is 19.6 Å². The highest BCUT2D eigenvalue weighted by Crippen LogP contribution is 2.13. The Morgan fingerprint density at radius 3 is 2.31 bits per heavy atom. The Kier molecular flexibility index (Phi) is 3.55. The smallest absolute Gasteiger partial charge is 0.337 e. The van der Waals surface area contributed by atoms with Gasteiger partial charge in [-0.1, -0.05) is 4.40 Å². The third kappa shape index (κ3) is 2.53. The fourth-order valence-electron chi connectivity index (χ4n) is 0.983.